The second-order valence-corrected chi connectivity index (χ2v) is 3.93. The molecule has 0 amide bonds. The SMILES string of the molecule is CCCN(CC(N)=NO)C1CCCOC1. The third-order valence-electron chi connectivity index (χ3n) is 2.66. The molecule has 1 saturated heterocycles. The van der Waals surface area contributed by atoms with E-state index in [4.69, 9.17) is 15.7 Å². The van der Waals surface area contributed by atoms with Crippen LogP contribution in [0.25, 0.3) is 0 Å². The Morgan fingerprint density at radius 3 is 3.00 bits per heavy atom. The van der Waals surface area contributed by atoms with Crippen LogP contribution in [0.3, 0.4) is 0 Å². The van der Waals surface area contributed by atoms with Gasteiger partial charge in [-0.1, -0.05) is 12.1 Å². The molecular weight excluding hydrogens is 194 g/mol. The van der Waals surface area contributed by atoms with Crippen LogP contribution in [0.15, 0.2) is 5.16 Å². The summed E-state index contributed by atoms with van der Waals surface area (Å²) in [7, 11) is 0. The van der Waals surface area contributed by atoms with E-state index in [1.165, 1.54) is 0 Å². The lowest BCUT2D eigenvalue weighted by atomic mass is 10.1. The summed E-state index contributed by atoms with van der Waals surface area (Å²) >= 11 is 0. The Labute approximate surface area is 90.9 Å². The fourth-order valence-electron chi connectivity index (χ4n) is 1.93. The van der Waals surface area contributed by atoms with E-state index in [0.717, 1.165) is 39.0 Å². The molecule has 3 N–H and O–H groups in total. The molecule has 1 fully saturated rings. The van der Waals surface area contributed by atoms with Crippen molar-refractivity contribution in [3.63, 3.8) is 0 Å². The van der Waals surface area contributed by atoms with Gasteiger partial charge in [0.1, 0.15) is 0 Å². The molecule has 0 aliphatic carbocycles. The number of amidine groups is 1. The third-order valence-corrected chi connectivity index (χ3v) is 2.66. The summed E-state index contributed by atoms with van der Waals surface area (Å²) in [6, 6.07) is 0.416. The van der Waals surface area contributed by atoms with Crippen molar-refractivity contribution < 1.29 is 9.94 Å². The summed E-state index contributed by atoms with van der Waals surface area (Å²) in [5.74, 6) is 0.272. The van der Waals surface area contributed by atoms with Crippen molar-refractivity contribution in [2.24, 2.45) is 10.9 Å². The third kappa shape index (κ3) is 4.05. The molecule has 0 aromatic rings. The van der Waals surface area contributed by atoms with Crippen LogP contribution in [0, 0.1) is 0 Å². The minimum atomic E-state index is 0.272. The van der Waals surface area contributed by atoms with Gasteiger partial charge in [-0.2, -0.15) is 0 Å². The fourth-order valence-corrected chi connectivity index (χ4v) is 1.93. The molecule has 1 heterocycles. The standard InChI is InChI=1S/C10H21N3O2/c1-2-5-13(7-10(11)12-14)9-4-3-6-15-8-9/h9,14H,2-8H2,1H3,(H2,11,12). The first-order valence-electron chi connectivity index (χ1n) is 5.56. The van der Waals surface area contributed by atoms with Gasteiger partial charge in [-0.25, -0.2) is 0 Å². The highest BCUT2D eigenvalue weighted by Crippen LogP contribution is 2.13. The van der Waals surface area contributed by atoms with Gasteiger partial charge in [0, 0.05) is 12.6 Å². The molecule has 1 rings (SSSR count). The molecule has 5 heteroatoms. The van der Waals surface area contributed by atoms with Crippen molar-refractivity contribution in [3.8, 4) is 0 Å². The zero-order valence-corrected chi connectivity index (χ0v) is 9.35. The molecule has 1 unspecified atom stereocenters. The number of ether oxygens (including phenoxy) is 1. The molecule has 0 spiro atoms. The van der Waals surface area contributed by atoms with Gasteiger partial charge in [0.05, 0.1) is 13.2 Å². The lowest BCUT2D eigenvalue weighted by Crippen LogP contribution is -2.45. The largest absolute Gasteiger partial charge is 0.409 e. The Morgan fingerprint density at radius 1 is 1.67 bits per heavy atom. The van der Waals surface area contributed by atoms with Crippen LogP contribution in [-0.2, 0) is 4.74 Å². The summed E-state index contributed by atoms with van der Waals surface area (Å²) < 4.78 is 5.44. The second-order valence-electron chi connectivity index (χ2n) is 3.93. The number of oxime groups is 1. The van der Waals surface area contributed by atoms with Crippen LogP contribution in [0.1, 0.15) is 26.2 Å². The molecule has 0 aromatic heterocycles. The highest BCUT2D eigenvalue weighted by Gasteiger charge is 2.21. The van der Waals surface area contributed by atoms with Crippen molar-refractivity contribution in [3.05, 3.63) is 0 Å². The maximum atomic E-state index is 8.56. The number of hydrogen-bond acceptors (Lipinski definition) is 4. The van der Waals surface area contributed by atoms with Crippen molar-refractivity contribution >= 4 is 5.84 Å². The van der Waals surface area contributed by atoms with Crippen molar-refractivity contribution in [2.75, 3.05) is 26.3 Å². The maximum Gasteiger partial charge on any atom is 0.153 e. The smallest absolute Gasteiger partial charge is 0.153 e. The minimum absolute atomic E-state index is 0.272. The quantitative estimate of drug-likeness (QED) is 0.305. The number of nitrogens with two attached hydrogens (primary N) is 1. The summed E-state index contributed by atoms with van der Waals surface area (Å²) in [6.07, 6.45) is 3.30. The van der Waals surface area contributed by atoms with E-state index in [1.807, 2.05) is 0 Å². The van der Waals surface area contributed by atoms with Gasteiger partial charge >= 0.3 is 0 Å². The number of rotatable bonds is 5. The molecule has 88 valence electrons. The van der Waals surface area contributed by atoms with E-state index in [2.05, 4.69) is 17.0 Å². The van der Waals surface area contributed by atoms with E-state index in [-0.39, 0.29) is 5.84 Å². The molecule has 5 nitrogen and oxygen atoms in total. The lowest BCUT2D eigenvalue weighted by Gasteiger charge is -2.33. The highest BCUT2D eigenvalue weighted by molar-refractivity contribution is 5.81. The molecule has 1 atom stereocenters. The zero-order chi connectivity index (χ0) is 11.1. The van der Waals surface area contributed by atoms with Gasteiger partial charge < -0.3 is 15.7 Å². The van der Waals surface area contributed by atoms with E-state index in [9.17, 15) is 0 Å². The Bertz CT molecular complexity index is 203. The first-order valence-corrected chi connectivity index (χ1v) is 5.56. The Morgan fingerprint density at radius 2 is 2.47 bits per heavy atom. The predicted molar refractivity (Wildman–Crippen MR) is 59.1 cm³/mol. The summed E-state index contributed by atoms with van der Waals surface area (Å²) in [4.78, 5) is 2.23. The lowest BCUT2D eigenvalue weighted by molar-refractivity contribution is 0.0234. The van der Waals surface area contributed by atoms with E-state index >= 15 is 0 Å². The molecule has 0 bridgehead atoms. The Hall–Kier alpha value is -0.810. The summed E-state index contributed by atoms with van der Waals surface area (Å²) in [5, 5.41) is 11.6. The van der Waals surface area contributed by atoms with Crippen LogP contribution < -0.4 is 5.73 Å². The second kappa shape index (κ2) is 6.63. The van der Waals surface area contributed by atoms with Gasteiger partial charge in [0.15, 0.2) is 5.84 Å². The van der Waals surface area contributed by atoms with Crippen LogP contribution >= 0.6 is 0 Å². The topological polar surface area (TPSA) is 71.1 Å². The van der Waals surface area contributed by atoms with Crippen molar-refractivity contribution in [2.45, 2.75) is 32.2 Å². The van der Waals surface area contributed by atoms with Gasteiger partial charge in [-0.05, 0) is 25.8 Å². The fraction of sp³-hybridized carbons (Fsp3) is 0.900. The summed E-state index contributed by atoms with van der Waals surface area (Å²) in [6.45, 7) is 5.24. The molecule has 0 saturated carbocycles. The van der Waals surface area contributed by atoms with Crippen molar-refractivity contribution in [1.82, 2.24) is 4.90 Å². The zero-order valence-electron chi connectivity index (χ0n) is 9.35. The molecule has 0 aromatic carbocycles. The molecular formula is C10H21N3O2. The molecule has 15 heavy (non-hydrogen) atoms. The van der Waals surface area contributed by atoms with Crippen LogP contribution in [-0.4, -0.2) is 48.3 Å². The Kier molecular flexibility index (Phi) is 5.42. The van der Waals surface area contributed by atoms with Crippen molar-refractivity contribution in [1.29, 1.82) is 0 Å². The number of nitrogens with zero attached hydrogens (tertiary/aromatic N) is 2. The first kappa shape index (κ1) is 12.3. The molecule has 1 aliphatic rings. The minimum Gasteiger partial charge on any atom is -0.409 e. The van der Waals surface area contributed by atoms with Crippen LogP contribution in [0.5, 0.6) is 0 Å². The Balaban J connectivity index is 2.47. The predicted octanol–water partition coefficient (Wildman–Crippen LogP) is 0.624. The van der Waals surface area contributed by atoms with Gasteiger partial charge in [0.25, 0.3) is 0 Å². The normalized spacial score (nSPS) is 23.3. The average Bonchev–Trinajstić information content (AvgIpc) is 2.29. The number of hydrogen-bond donors (Lipinski definition) is 2. The van der Waals surface area contributed by atoms with Gasteiger partial charge in [-0.15, -0.1) is 0 Å². The molecule has 1 aliphatic heterocycles. The monoisotopic (exact) mass is 215 g/mol. The van der Waals surface area contributed by atoms with Gasteiger partial charge in [0.2, 0.25) is 0 Å². The van der Waals surface area contributed by atoms with E-state index in [0.29, 0.717) is 12.6 Å². The first-order chi connectivity index (χ1) is 7.27. The highest BCUT2D eigenvalue weighted by atomic mass is 16.5. The van der Waals surface area contributed by atoms with E-state index in [1.54, 1.807) is 0 Å². The van der Waals surface area contributed by atoms with Crippen LogP contribution in [0.2, 0.25) is 0 Å². The maximum absolute atomic E-state index is 8.56. The van der Waals surface area contributed by atoms with Gasteiger partial charge in [-0.3, -0.25) is 4.90 Å². The summed E-state index contributed by atoms with van der Waals surface area (Å²) in [5.41, 5.74) is 5.53. The molecule has 0 radical (unpaired) electrons. The average molecular weight is 215 g/mol. The van der Waals surface area contributed by atoms with E-state index < -0.39 is 0 Å². The van der Waals surface area contributed by atoms with Crippen LogP contribution in [0.4, 0.5) is 0 Å².